The van der Waals surface area contributed by atoms with Crippen molar-refractivity contribution in [2.75, 3.05) is 27.9 Å². The minimum absolute atomic E-state index is 0.488. The molecule has 0 saturated heterocycles. The summed E-state index contributed by atoms with van der Waals surface area (Å²) in [7, 11) is 4.72. The van der Waals surface area contributed by atoms with Crippen molar-refractivity contribution in [3.05, 3.63) is 53.6 Å². The van der Waals surface area contributed by atoms with Crippen molar-refractivity contribution in [3.63, 3.8) is 0 Å². The van der Waals surface area contributed by atoms with Gasteiger partial charge in [0.1, 0.15) is 0 Å². The van der Waals surface area contributed by atoms with Crippen LogP contribution >= 0.6 is 0 Å². The smallest absolute Gasteiger partial charge is 0.203 e. The quantitative estimate of drug-likeness (QED) is 0.571. The molecule has 0 radical (unpaired) electrons. The Hall–Kier alpha value is -2.73. The molecular formula is C27H38N2O4. The van der Waals surface area contributed by atoms with Crippen molar-refractivity contribution >= 4 is 5.84 Å². The number of hydrogen-bond donors (Lipinski definition) is 2. The molecule has 0 spiro atoms. The standard InChI is InChI=1S/C27H38N2O4/c1-31-23-19-22(20-24(32-2)26(23)33-3)27(30,21-15-11-10-12-16-21)29-25-17-13-8-6-4-5-7-9-14-18-28-25/h10-12,15-16,19-20,30H,4-9,13-14,17-18H2,1-3H3,(H,28,29). The Kier molecular flexibility index (Phi) is 9.43. The van der Waals surface area contributed by atoms with Gasteiger partial charge in [0.25, 0.3) is 0 Å². The minimum atomic E-state index is -1.51. The van der Waals surface area contributed by atoms with Gasteiger partial charge in [-0.1, -0.05) is 68.9 Å². The van der Waals surface area contributed by atoms with E-state index in [-0.39, 0.29) is 0 Å². The number of nitrogens with zero attached hydrogens (tertiary/aromatic N) is 1. The average molecular weight is 455 g/mol. The number of methoxy groups -OCH3 is 3. The van der Waals surface area contributed by atoms with Crippen molar-refractivity contribution in [1.29, 1.82) is 0 Å². The van der Waals surface area contributed by atoms with Crippen LogP contribution in [0.4, 0.5) is 0 Å². The highest BCUT2D eigenvalue weighted by molar-refractivity contribution is 5.83. The number of hydrogen-bond acceptors (Lipinski definition) is 6. The molecule has 6 heteroatoms. The summed E-state index contributed by atoms with van der Waals surface area (Å²) in [6, 6.07) is 13.2. The molecule has 2 aromatic carbocycles. The molecule has 3 rings (SSSR count). The van der Waals surface area contributed by atoms with Gasteiger partial charge in [-0.2, -0.15) is 0 Å². The second-order valence-electron chi connectivity index (χ2n) is 8.52. The van der Waals surface area contributed by atoms with Crippen molar-refractivity contribution in [2.24, 2.45) is 4.99 Å². The minimum Gasteiger partial charge on any atom is -0.493 e. The van der Waals surface area contributed by atoms with E-state index in [4.69, 9.17) is 19.2 Å². The van der Waals surface area contributed by atoms with E-state index in [9.17, 15) is 5.11 Å². The molecule has 1 atom stereocenters. The molecular weight excluding hydrogens is 416 g/mol. The first-order valence-electron chi connectivity index (χ1n) is 12.0. The monoisotopic (exact) mass is 454 g/mol. The highest BCUT2D eigenvalue weighted by Crippen LogP contribution is 2.42. The third-order valence-electron chi connectivity index (χ3n) is 6.22. The third-order valence-corrected chi connectivity index (χ3v) is 6.22. The van der Waals surface area contributed by atoms with Crippen LogP contribution in [0.3, 0.4) is 0 Å². The van der Waals surface area contributed by atoms with E-state index >= 15 is 0 Å². The van der Waals surface area contributed by atoms with Gasteiger partial charge in [-0.05, 0) is 25.0 Å². The summed E-state index contributed by atoms with van der Waals surface area (Å²) in [5.41, 5.74) is -0.200. The number of nitrogens with one attached hydrogen (secondary N) is 1. The van der Waals surface area contributed by atoms with Gasteiger partial charge in [-0.3, -0.25) is 4.99 Å². The van der Waals surface area contributed by atoms with Gasteiger partial charge >= 0.3 is 0 Å². The fourth-order valence-corrected chi connectivity index (χ4v) is 4.35. The molecule has 0 fully saturated rings. The lowest BCUT2D eigenvalue weighted by molar-refractivity contribution is 0.0632. The lowest BCUT2D eigenvalue weighted by Gasteiger charge is -2.33. The number of aliphatic imine (C=N–C) groups is 1. The fraction of sp³-hybridized carbons (Fsp3) is 0.519. The summed E-state index contributed by atoms with van der Waals surface area (Å²) >= 11 is 0. The van der Waals surface area contributed by atoms with Gasteiger partial charge in [0, 0.05) is 24.1 Å². The maximum absolute atomic E-state index is 12.2. The van der Waals surface area contributed by atoms with Gasteiger partial charge in [0.05, 0.1) is 27.2 Å². The zero-order valence-electron chi connectivity index (χ0n) is 20.2. The van der Waals surface area contributed by atoms with E-state index < -0.39 is 5.72 Å². The van der Waals surface area contributed by atoms with Crippen LogP contribution < -0.4 is 19.5 Å². The number of amidine groups is 1. The molecule has 0 bridgehead atoms. The number of ether oxygens (including phenoxy) is 3. The van der Waals surface area contributed by atoms with E-state index in [1.54, 1.807) is 33.5 Å². The number of rotatable bonds is 6. The molecule has 0 aromatic heterocycles. The number of benzene rings is 2. The SMILES string of the molecule is COc1cc(C(O)(NC2=NCCCCCCCCCC2)c2ccccc2)cc(OC)c1OC. The molecule has 2 N–H and O–H groups in total. The van der Waals surface area contributed by atoms with E-state index in [1.807, 2.05) is 30.3 Å². The molecule has 180 valence electrons. The fourth-order valence-electron chi connectivity index (χ4n) is 4.35. The topological polar surface area (TPSA) is 72.3 Å². The maximum atomic E-state index is 12.2. The molecule has 0 saturated carbocycles. The summed E-state index contributed by atoms with van der Waals surface area (Å²) in [6.07, 6.45) is 10.5. The first-order valence-corrected chi connectivity index (χ1v) is 12.0. The van der Waals surface area contributed by atoms with Crippen LogP contribution in [0.15, 0.2) is 47.5 Å². The first-order chi connectivity index (χ1) is 16.1. The summed E-state index contributed by atoms with van der Waals surface area (Å²) in [4.78, 5) is 4.87. The van der Waals surface area contributed by atoms with Gasteiger partial charge in [-0.25, -0.2) is 0 Å². The highest BCUT2D eigenvalue weighted by Gasteiger charge is 2.35. The van der Waals surface area contributed by atoms with Gasteiger partial charge in [0.15, 0.2) is 17.2 Å². The van der Waals surface area contributed by atoms with Gasteiger partial charge < -0.3 is 24.6 Å². The van der Waals surface area contributed by atoms with Gasteiger partial charge in [0.2, 0.25) is 5.75 Å². The van der Waals surface area contributed by atoms with Crippen LogP contribution in [-0.4, -0.2) is 38.8 Å². The molecule has 0 aliphatic carbocycles. The van der Waals surface area contributed by atoms with Crippen LogP contribution in [-0.2, 0) is 5.72 Å². The average Bonchev–Trinajstić information content (AvgIpc) is 2.85. The summed E-state index contributed by atoms with van der Waals surface area (Å²) < 4.78 is 16.6. The molecule has 1 aliphatic rings. The van der Waals surface area contributed by atoms with Crippen LogP contribution in [0, 0.1) is 0 Å². The molecule has 1 unspecified atom stereocenters. The van der Waals surface area contributed by atoms with E-state index in [0.717, 1.165) is 31.6 Å². The van der Waals surface area contributed by atoms with Crippen LogP contribution in [0.2, 0.25) is 0 Å². The molecule has 6 nitrogen and oxygen atoms in total. The molecule has 1 heterocycles. The predicted octanol–water partition coefficient (Wildman–Crippen LogP) is 5.42. The highest BCUT2D eigenvalue weighted by atomic mass is 16.5. The van der Waals surface area contributed by atoms with Crippen molar-refractivity contribution in [2.45, 2.75) is 63.5 Å². The van der Waals surface area contributed by atoms with E-state index in [2.05, 4.69) is 5.32 Å². The Balaban J connectivity index is 2.02. The zero-order valence-corrected chi connectivity index (χ0v) is 20.2. The Morgan fingerprint density at radius 1 is 0.758 bits per heavy atom. The third kappa shape index (κ3) is 6.41. The zero-order chi connectivity index (χ0) is 23.5. The number of aliphatic hydroxyl groups is 1. The second kappa shape index (κ2) is 12.5. The molecule has 1 aliphatic heterocycles. The van der Waals surface area contributed by atoms with Crippen molar-refractivity contribution in [1.82, 2.24) is 5.32 Å². The van der Waals surface area contributed by atoms with Crippen LogP contribution in [0.5, 0.6) is 17.2 Å². The summed E-state index contributed by atoms with van der Waals surface area (Å²) in [5, 5.41) is 15.6. The Morgan fingerprint density at radius 2 is 1.33 bits per heavy atom. The first kappa shape index (κ1) is 24.9. The summed E-state index contributed by atoms with van der Waals surface area (Å²) in [5.74, 6) is 2.30. The Labute approximate surface area is 198 Å². The Morgan fingerprint density at radius 3 is 1.91 bits per heavy atom. The lowest BCUT2D eigenvalue weighted by Crippen LogP contribution is -2.47. The van der Waals surface area contributed by atoms with Crippen molar-refractivity contribution < 1.29 is 19.3 Å². The van der Waals surface area contributed by atoms with Crippen LogP contribution in [0.1, 0.15) is 68.9 Å². The largest absolute Gasteiger partial charge is 0.493 e. The molecule has 2 aromatic rings. The second-order valence-corrected chi connectivity index (χ2v) is 8.52. The summed E-state index contributed by atoms with van der Waals surface area (Å²) in [6.45, 7) is 0.766. The lowest BCUT2D eigenvalue weighted by atomic mass is 9.93. The van der Waals surface area contributed by atoms with Crippen molar-refractivity contribution in [3.8, 4) is 17.2 Å². The van der Waals surface area contributed by atoms with Crippen LogP contribution in [0.25, 0.3) is 0 Å². The van der Waals surface area contributed by atoms with E-state index in [0.29, 0.717) is 28.4 Å². The molecule has 0 amide bonds. The Bertz CT molecular complexity index is 875. The normalized spacial score (nSPS) is 17.5. The van der Waals surface area contributed by atoms with E-state index in [1.165, 1.54) is 38.5 Å². The molecule has 33 heavy (non-hydrogen) atoms. The predicted molar refractivity (Wildman–Crippen MR) is 133 cm³/mol. The maximum Gasteiger partial charge on any atom is 0.203 e. The van der Waals surface area contributed by atoms with Gasteiger partial charge in [-0.15, -0.1) is 0 Å².